The summed E-state index contributed by atoms with van der Waals surface area (Å²) >= 11 is 0. The number of ether oxygens (including phenoxy) is 1. The van der Waals surface area contributed by atoms with Gasteiger partial charge in [-0.15, -0.1) is 0 Å². The molecule has 25 heavy (non-hydrogen) atoms. The summed E-state index contributed by atoms with van der Waals surface area (Å²) in [5.74, 6) is -0.0796. The van der Waals surface area contributed by atoms with E-state index in [1.165, 1.54) is 0 Å². The third kappa shape index (κ3) is 3.82. The van der Waals surface area contributed by atoms with E-state index in [-0.39, 0.29) is 18.1 Å². The summed E-state index contributed by atoms with van der Waals surface area (Å²) in [6.45, 7) is 1.43. The van der Waals surface area contributed by atoms with Crippen molar-refractivity contribution in [3.8, 4) is 5.75 Å². The van der Waals surface area contributed by atoms with Crippen molar-refractivity contribution >= 4 is 32.8 Å². The van der Waals surface area contributed by atoms with Crippen LogP contribution in [-0.2, 0) is 14.6 Å². The Morgan fingerprint density at radius 1 is 1.28 bits per heavy atom. The molecule has 2 aromatic carbocycles. The zero-order valence-corrected chi connectivity index (χ0v) is 14.6. The van der Waals surface area contributed by atoms with Crippen LogP contribution in [0.3, 0.4) is 0 Å². The summed E-state index contributed by atoms with van der Waals surface area (Å²) in [6, 6.07) is 10.9. The molecule has 1 amide bonds. The lowest BCUT2D eigenvalue weighted by Gasteiger charge is -2.24. The molecular formula is C18H19NO5S. The number of fused-ring (bicyclic) bond motifs is 1. The second-order valence-corrected chi connectivity index (χ2v) is 8.74. The molecule has 0 unspecified atom stereocenters. The number of carbonyl (C=O) groups is 2. The fraction of sp³-hybridized carbons (Fsp3) is 0.333. The molecule has 1 aliphatic heterocycles. The molecule has 3 rings (SSSR count). The second-order valence-electron chi connectivity index (χ2n) is 6.56. The summed E-state index contributed by atoms with van der Waals surface area (Å²) < 4.78 is 28.7. The van der Waals surface area contributed by atoms with E-state index in [1.807, 2.05) is 30.3 Å². The molecule has 1 heterocycles. The van der Waals surface area contributed by atoms with Gasteiger partial charge in [0.15, 0.2) is 22.7 Å². The van der Waals surface area contributed by atoms with Crippen molar-refractivity contribution in [2.24, 2.45) is 0 Å². The fourth-order valence-electron chi connectivity index (χ4n) is 3.15. The highest BCUT2D eigenvalue weighted by Gasteiger charge is 2.39. The third-order valence-electron chi connectivity index (χ3n) is 4.35. The minimum Gasteiger partial charge on any atom is -0.483 e. The van der Waals surface area contributed by atoms with Crippen LogP contribution >= 0.6 is 0 Å². The number of hydrogen-bond acceptors (Lipinski definition) is 5. The van der Waals surface area contributed by atoms with E-state index in [4.69, 9.17) is 4.74 Å². The second kappa shape index (κ2) is 6.48. The van der Waals surface area contributed by atoms with Gasteiger partial charge < -0.3 is 10.1 Å². The van der Waals surface area contributed by atoms with Gasteiger partial charge in [0.05, 0.1) is 22.6 Å². The average Bonchev–Trinajstić information content (AvgIpc) is 2.85. The summed E-state index contributed by atoms with van der Waals surface area (Å²) in [5, 5.41) is 4.39. The molecule has 0 radical (unpaired) electrons. The highest BCUT2D eigenvalue weighted by atomic mass is 32.2. The molecule has 1 saturated heterocycles. The van der Waals surface area contributed by atoms with Crippen LogP contribution in [0.2, 0.25) is 0 Å². The maximum absolute atomic E-state index is 12.1. The van der Waals surface area contributed by atoms with Gasteiger partial charge in [-0.2, -0.15) is 0 Å². The van der Waals surface area contributed by atoms with E-state index < -0.39 is 21.3 Å². The molecule has 0 aliphatic carbocycles. The summed E-state index contributed by atoms with van der Waals surface area (Å²) in [4.78, 5) is 23.6. The number of carbonyl (C=O) groups excluding carboxylic acids is 2. The normalized spacial score (nSPS) is 21.8. The van der Waals surface area contributed by atoms with E-state index >= 15 is 0 Å². The van der Waals surface area contributed by atoms with Gasteiger partial charge in [0.25, 0.3) is 5.91 Å². The zero-order valence-electron chi connectivity index (χ0n) is 13.8. The third-order valence-corrected chi connectivity index (χ3v) is 6.25. The van der Waals surface area contributed by atoms with E-state index in [0.29, 0.717) is 24.0 Å². The highest BCUT2D eigenvalue weighted by molar-refractivity contribution is 7.91. The fourth-order valence-corrected chi connectivity index (χ4v) is 5.24. The largest absolute Gasteiger partial charge is 0.483 e. The van der Waals surface area contributed by atoms with Gasteiger partial charge in [0.1, 0.15) is 5.75 Å². The number of sulfone groups is 1. The van der Waals surface area contributed by atoms with E-state index in [9.17, 15) is 18.0 Å². The summed E-state index contributed by atoms with van der Waals surface area (Å²) in [5.41, 5.74) is -0.378. The molecule has 2 aromatic rings. The number of amides is 1. The van der Waals surface area contributed by atoms with Crippen LogP contribution < -0.4 is 10.1 Å². The molecule has 1 aliphatic rings. The average molecular weight is 361 g/mol. The van der Waals surface area contributed by atoms with Crippen molar-refractivity contribution in [2.75, 3.05) is 18.1 Å². The highest BCUT2D eigenvalue weighted by Crippen LogP contribution is 2.27. The van der Waals surface area contributed by atoms with Gasteiger partial charge in [-0.05, 0) is 30.2 Å². The van der Waals surface area contributed by atoms with Crippen molar-refractivity contribution in [2.45, 2.75) is 18.9 Å². The van der Waals surface area contributed by atoms with Crippen molar-refractivity contribution < 1.29 is 22.7 Å². The Morgan fingerprint density at radius 2 is 2.04 bits per heavy atom. The Kier molecular flexibility index (Phi) is 4.51. The molecule has 0 aromatic heterocycles. The first-order chi connectivity index (χ1) is 11.8. The standard InChI is InChI=1S/C18H19NO5S/c1-18(8-9-25(22,23)12-18)19-17(21)11-24-16-7-6-13-4-2-3-5-14(13)15(16)10-20/h2-7,10H,8-9,11-12H2,1H3,(H,19,21)/t18-/m1/s1. The smallest absolute Gasteiger partial charge is 0.258 e. The minimum atomic E-state index is -3.10. The van der Waals surface area contributed by atoms with Crippen molar-refractivity contribution in [3.05, 3.63) is 42.0 Å². The molecule has 132 valence electrons. The molecule has 1 N–H and O–H groups in total. The SMILES string of the molecule is C[C@@]1(NC(=O)COc2ccc3ccccc3c2C=O)CCS(=O)(=O)C1. The van der Waals surface area contributed by atoms with E-state index in [2.05, 4.69) is 5.32 Å². The predicted octanol–water partition coefficient (Wildman–Crippen LogP) is 1.72. The van der Waals surface area contributed by atoms with Crippen LogP contribution in [0.5, 0.6) is 5.75 Å². The molecule has 0 spiro atoms. The van der Waals surface area contributed by atoms with Crippen molar-refractivity contribution in [3.63, 3.8) is 0 Å². The molecular weight excluding hydrogens is 342 g/mol. The van der Waals surface area contributed by atoms with Gasteiger partial charge >= 0.3 is 0 Å². The monoisotopic (exact) mass is 361 g/mol. The maximum Gasteiger partial charge on any atom is 0.258 e. The zero-order chi connectivity index (χ0) is 18.1. The topological polar surface area (TPSA) is 89.5 Å². The van der Waals surface area contributed by atoms with E-state index in [1.54, 1.807) is 13.0 Å². The van der Waals surface area contributed by atoms with Crippen molar-refractivity contribution in [1.29, 1.82) is 0 Å². The van der Waals surface area contributed by atoms with Crippen LogP contribution in [0, 0.1) is 0 Å². The van der Waals surface area contributed by atoms with Crippen LogP contribution in [0.25, 0.3) is 10.8 Å². The Morgan fingerprint density at radius 3 is 2.72 bits per heavy atom. The van der Waals surface area contributed by atoms with Crippen LogP contribution in [0.1, 0.15) is 23.7 Å². The Hall–Kier alpha value is -2.41. The number of aldehydes is 1. The Bertz CT molecular complexity index is 938. The number of nitrogens with one attached hydrogen (secondary N) is 1. The van der Waals surface area contributed by atoms with Crippen LogP contribution in [0.4, 0.5) is 0 Å². The number of benzene rings is 2. The quantitative estimate of drug-likeness (QED) is 0.819. The lowest BCUT2D eigenvalue weighted by Crippen LogP contribution is -2.48. The first-order valence-corrected chi connectivity index (χ1v) is 9.75. The summed E-state index contributed by atoms with van der Waals surface area (Å²) in [7, 11) is -3.10. The number of hydrogen-bond donors (Lipinski definition) is 1. The molecule has 1 fully saturated rings. The van der Waals surface area contributed by atoms with Crippen molar-refractivity contribution in [1.82, 2.24) is 5.32 Å². The molecule has 0 bridgehead atoms. The van der Waals surface area contributed by atoms with E-state index in [0.717, 1.165) is 10.8 Å². The summed E-state index contributed by atoms with van der Waals surface area (Å²) in [6.07, 6.45) is 1.09. The first kappa shape index (κ1) is 17.4. The Balaban J connectivity index is 1.70. The predicted molar refractivity (Wildman–Crippen MR) is 94.6 cm³/mol. The molecule has 7 heteroatoms. The molecule has 6 nitrogen and oxygen atoms in total. The van der Waals surface area contributed by atoms with Crippen LogP contribution in [-0.4, -0.2) is 44.3 Å². The van der Waals surface area contributed by atoms with Gasteiger partial charge in [-0.3, -0.25) is 9.59 Å². The van der Waals surface area contributed by atoms with Gasteiger partial charge in [-0.1, -0.05) is 30.3 Å². The minimum absolute atomic E-state index is 0.0682. The maximum atomic E-state index is 12.1. The lowest BCUT2D eigenvalue weighted by molar-refractivity contribution is -0.124. The van der Waals surface area contributed by atoms with Gasteiger partial charge in [0, 0.05) is 0 Å². The Labute approximate surface area is 146 Å². The van der Waals surface area contributed by atoms with Crippen LogP contribution in [0.15, 0.2) is 36.4 Å². The molecule has 1 atom stereocenters. The lowest BCUT2D eigenvalue weighted by atomic mass is 10.0. The van der Waals surface area contributed by atoms with Gasteiger partial charge in [0.2, 0.25) is 0 Å². The van der Waals surface area contributed by atoms with Gasteiger partial charge in [-0.25, -0.2) is 8.42 Å². The number of rotatable bonds is 5. The molecule has 0 saturated carbocycles. The first-order valence-electron chi connectivity index (χ1n) is 7.93.